The molecule has 0 amide bonds. The molecule has 1 unspecified atom stereocenters. The number of benzene rings is 3. The van der Waals surface area contributed by atoms with Crippen molar-refractivity contribution < 1.29 is 23.8 Å². The summed E-state index contributed by atoms with van der Waals surface area (Å²) < 4.78 is 24.4. The van der Waals surface area contributed by atoms with Crippen LogP contribution in [0.25, 0.3) is 11.2 Å². The van der Waals surface area contributed by atoms with Gasteiger partial charge in [-0.15, -0.1) is 0 Å². The van der Waals surface area contributed by atoms with E-state index in [1.807, 2.05) is 72.2 Å². The second-order valence-corrected chi connectivity index (χ2v) is 11.2. The van der Waals surface area contributed by atoms with Crippen molar-refractivity contribution >= 4 is 24.6 Å². The Morgan fingerprint density at radius 1 is 0.927 bits per heavy atom. The maximum absolute atomic E-state index is 11.3. The first-order valence-electron chi connectivity index (χ1n) is 13.2. The van der Waals surface area contributed by atoms with E-state index >= 15 is 0 Å². The Morgan fingerprint density at radius 2 is 1.56 bits per heavy atom. The minimum atomic E-state index is -4.28. The molecule has 0 aliphatic carbocycles. The van der Waals surface area contributed by atoms with E-state index in [1.54, 1.807) is 13.4 Å². The number of aromatic nitrogens is 4. The summed E-state index contributed by atoms with van der Waals surface area (Å²) in [4.78, 5) is 32.3. The second kappa shape index (κ2) is 12.2. The summed E-state index contributed by atoms with van der Waals surface area (Å²) in [5.41, 5.74) is 3.04. The Labute approximate surface area is 238 Å². The van der Waals surface area contributed by atoms with Gasteiger partial charge in [0.15, 0.2) is 11.5 Å². The van der Waals surface area contributed by atoms with Gasteiger partial charge in [-0.2, -0.15) is 0 Å². The highest BCUT2D eigenvalue weighted by Gasteiger charge is 2.40. The van der Waals surface area contributed by atoms with Crippen LogP contribution < -0.4 is 10.1 Å². The van der Waals surface area contributed by atoms with Crippen LogP contribution >= 0.6 is 7.60 Å². The Hall–Kier alpha value is -4.08. The third kappa shape index (κ3) is 5.87. The Bertz CT molecular complexity index is 1600. The largest absolute Gasteiger partial charge is 0.496 e. The minimum Gasteiger partial charge on any atom is -0.496 e. The van der Waals surface area contributed by atoms with E-state index in [2.05, 4.69) is 44.5 Å². The van der Waals surface area contributed by atoms with E-state index < -0.39 is 19.5 Å². The molecule has 0 saturated carbocycles. The Morgan fingerprint density at radius 3 is 2.17 bits per heavy atom. The topological polar surface area (TPSA) is 132 Å². The van der Waals surface area contributed by atoms with Crippen LogP contribution in [0, 0.1) is 0 Å². The SMILES string of the molecule is CCC(COCP(=O)(O)O)n1cnc2c(NC(c3ccccc3)(c3ccccc3)c3ccccc3OC)ncnc21. The molecule has 1 atom stereocenters. The number of para-hydroxylation sites is 1. The van der Waals surface area contributed by atoms with E-state index in [9.17, 15) is 14.4 Å². The van der Waals surface area contributed by atoms with Crippen LogP contribution in [0.4, 0.5) is 5.82 Å². The van der Waals surface area contributed by atoms with Gasteiger partial charge in [0.25, 0.3) is 0 Å². The summed E-state index contributed by atoms with van der Waals surface area (Å²) in [5, 5.41) is 3.75. The first-order valence-corrected chi connectivity index (χ1v) is 15.0. The number of fused-ring (bicyclic) bond motifs is 1. The summed E-state index contributed by atoms with van der Waals surface area (Å²) in [6.45, 7) is 2.06. The summed E-state index contributed by atoms with van der Waals surface area (Å²) in [7, 11) is -2.62. The van der Waals surface area contributed by atoms with E-state index in [-0.39, 0.29) is 12.6 Å². The number of hydrogen-bond donors (Lipinski definition) is 3. The zero-order valence-electron chi connectivity index (χ0n) is 22.8. The third-order valence-electron chi connectivity index (χ3n) is 7.02. The van der Waals surface area contributed by atoms with Crippen molar-refractivity contribution in [3.05, 3.63) is 114 Å². The molecule has 5 aromatic rings. The molecule has 212 valence electrons. The van der Waals surface area contributed by atoms with Crippen LogP contribution in [0.15, 0.2) is 97.6 Å². The van der Waals surface area contributed by atoms with Gasteiger partial charge in [-0.3, -0.25) is 4.57 Å². The van der Waals surface area contributed by atoms with Crippen LogP contribution in [0.5, 0.6) is 5.75 Å². The summed E-state index contributed by atoms with van der Waals surface area (Å²) in [6, 6.07) is 27.9. The lowest BCUT2D eigenvalue weighted by atomic mass is 9.76. The highest BCUT2D eigenvalue weighted by Crippen LogP contribution is 2.44. The average molecular weight is 574 g/mol. The fourth-order valence-corrected chi connectivity index (χ4v) is 5.45. The maximum Gasteiger partial charge on any atom is 0.350 e. The lowest BCUT2D eigenvalue weighted by Crippen LogP contribution is -2.39. The molecule has 0 bridgehead atoms. The highest BCUT2D eigenvalue weighted by molar-refractivity contribution is 7.51. The standard InChI is InChI=1S/C30H32N5O5P/c1-3-24(18-40-21-41(36,37)38)35-20-33-27-28(31-19-32-29(27)35)34-30(22-12-6-4-7-13-22,23-14-8-5-9-15-23)25-16-10-11-17-26(25)39-2/h4-17,19-20,24H,3,18,21H2,1-2H3,(H,31,32,34)(H2,36,37,38). The predicted molar refractivity (Wildman–Crippen MR) is 157 cm³/mol. The van der Waals surface area contributed by atoms with Gasteiger partial charge in [-0.05, 0) is 23.6 Å². The summed E-state index contributed by atoms with van der Waals surface area (Å²) in [6.07, 6.45) is 3.14. The van der Waals surface area contributed by atoms with Gasteiger partial charge in [0, 0.05) is 5.56 Å². The number of hydrogen-bond acceptors (Lipinski definition) is 7. The number of nitrogens with zero attached hydrogens (tertiary/aromatic N) is 4. The highest BCUT2D eigenvalue weighted by atomic mass is 31.2. The van der Waals surface area contributed by atoms with Crippen LogP contribution in [0.2, 0.25) is 0 Å². The lowest BCUT2D eigenvalue weighted by molar-refractivity contribution is 0.123. The van der Waals surface area contributed by atoms with Crippen molar-refractivity contribution in [2.75, 3.05) is 25.4 Å². The molecule has 3 aromatic carbocycles. The fourth-order valence-electron chi connectivity index (χ4n) is 5.11. The second-order valence-electron chi connectivity index (χ2n) is 9.58. The van der Waals surface area contributed by atoms with Crippen molar-refractivity contribution in [1.82, 2.24) is 19.5 Å². The van der Waals surface area contributed by atoms with E-state index in [0.29, 0.717) is 29.2 Å². The van der Waals surface area contributed by atoms with Crippen LogP contribution in [0.1, 0.15) is 36.1 Å². The van der Waals surface area contributed by atoms with Crippen molar-refractivity contribution in [2.45, 2.75) is 24.9 Å². The van der Waals surface area contributed by atoms with Gasteiger partial charge >= 0.3 is 7.60 Å². The molecule has 0 fully saturated rings. The molecule has 0 radical (unpaired) electrons. The van der Waals surface area contributed by atoms with Gasteiger partial charge in [0.05, 0.1) is 26.1 Å². The van der Waals surface area contributed by atoms with Crippen molar-refractivity contribution in [3.63, 3.8) is 0 Å². The molecule has 11 heteroatoms. The number of methoxy groups -OCH3 is 1. The molecule has 2 aromatic heterocycles. The van der Waals surface area contributed by atoms with Gasteiger partial charge in [0.2, 0.25) is 0 Å². The molecule has 0 aliphatic heterocycles. The monoisotopic (exact) mass is 573 g/mol. The van der Waals surface area contributed by atoms with Gasteiger partial charge in [-0.25, -0.2) is 15.0 Å². The summed E-state index contributed by atoms with van der Waals surface area (Å²) in [5.74, 6) is 1.22. The molecule has 0 aliphatic rings. The number of nitrogens with one attached hydrogen (secondary N) is 1. The Kier molecular flexibility index (Phi) is 8.46. The van der Waals surface area contributed by atoms with Crippen LogP contribution in [0.3, 0.4) is 0 Å². The normalized spacial score (nSPS) is 12.8. The van der Waals surface area contributed by atoms with Crippen molar-refractivity contribution in [2.24, 2.45) is 0 Å². The van der Waals surface area contributed by atoms with E-state index in [0.717, 1.165) is 16.7 Å². The van der Waals surface area contributed by atoms with Gasteiger partial charge in [-0.1, -0.05) is 85.8 Å². The predicted octanol–water partition coefficient (Wildman–Crippen LogP) is 5.34. The molecule has 10 nitrogen and oxygen atoms in total. The molecule has 3 N–H and O–H groups in total. The maximum atomic E-state index is 11.3. The lowest BCUT2D eigenvalue weighted by Gasteiger charge is -2.38. The first-order chi connectivity index (χ1) is 19.9. The molecule has 5 rings (SSSR count). The van der Waals surface area contributed by atoms with Crippen LogP contribution in [-0.4, -0.2) is 49.4 Å². The fraction of sp³-hybridized carbons (Fsp3) is 0.233. The minimum absolute atomic E-state index is 0.0962. The summed E-state index contributed by atoms with van der Waals surface area (Å²) >= 11 is 0. The first kappa shape index (κ1) is 28.4. The number of anilines is 1. The van der Waals surface area contributed by atoms with E-state index in [4.69, 9.17) is 9.47 Å². The number of rotatable bonds is 12. The van der Waals surface area contributed by atoms with Gasteiger partial charge in [0.1, 0.15) is 29.5 Å². The van der Waals surface area contributed by atoms with E-state index in [1.165, 1.54) is 6.33 Å². The Balaban J connectivity index is 1.66. The number of imidazole rings is 1. The van der Waals surface area contributed by atoms with Crippen molar-refractivity contribution in [3.8, 4) is 5.75 Å². The average Bonchev–Trinajstić information content (AvgIpc) is 3.43. The van der Waals surface area contributed by atoms with Crippen molar-refractivity contribution in [1.29, 1.82) is 0 Å². The molecule has 2 heterocycles. The zero-order valence-corrected chi connectivity index (χ0v) is 23.7. The third-order valence-corrected chi connectivity index (χ3v) is 7.54. The number of ether oxygens (including phenoxy) is 2. The molecular weight excluding hydrogens is 541 g/mol. The molecule has 0 saturated heterocycles. The molecule has 41 heavy (non-hydrogen) atoms. The zero-order chi connectivity index (χ0) is 28.9. The molecular formula is C30H32N5O5P. The quantitative estimate of drug-likeness (QED) is 0.134. The van der Waals surface area contributed by atoms with Gasteiger partial charge < -0.3 is 29.1 Å². The molecule has 0 spiro atoms. The van der Waals surface area contributed by atoms with Crippen LogP contribution in [-0.2, 0) is 14.8 Å². The smallest absolute Gasteiger partial charge is 0.350 e.